The Labute approximate surface area is 96.6 Å². The van der Waals surface area contributed by atoms with Gasteiger partial charge in [0.15, 0.2) is 0 Å². The Kier molecular flexibility index (Phi) is 2.08. The molecule has 1 aromatic carbocycles. The van der Waals surface area contributed by atoms with Gasteiger partial charge in [0.05, 0.1) is 11.3 Å². The third kappa shape index (κ3) is 1.44. The largest absolute Gasteiger partial charge is 0.321 e. The van der Waals surface area contributed by atoms with E-state index in [-0.39, 0.29) is 5.91 Å². The molecule has 1 amide bonds. The Morgan fingerprint density at radius 3 is 2.94 bits per heavy atom. The van der Waals surface area contributed by atoms with Gasteiger partial charge < -0.3 is 5.32 Å². The van der Waals surface area contributed by atoms with Crippen LogP contribution in [0, 0.1) is 0 Å². The van der Waals surface area contributed by atoms with E-state index < -0.39 is 0 Å². The fraction of sp³-hybridized carbons (Fsp3) is 0. The first-order valence-electron chi connectivity index (χ1n) is 4.87. The molecule has 1 aliphatic heterocycles. The van der Waals surface area contributed by atoms with Gasteiger partial charge in [0.25, 0.3) is 5.91 Å². The second-order valence-electron chi connectivity index (χ2n) is 3.48. The number of nitrogens with one attached hydrogen (secondary N) is 1. The number of hydrogen-bond acceptors (Lipinski definition) is 3. The Bertz CT molecular complexity index is 572. The van der Waals surface area contributed by atoms with E-state index in [0.29, 0.717) is 5.57 Å². The number of carbonyl (C=O) groups excluding carboxylic acids is 1. The summed E-state index contributed by atoms with van der Waals surface area (Å²) in [4.78, 5) is 11.8. The fourth-order valence-electron chi connectivity index (χ4n) is 1.73. The molecule has 0 radical (unpaired) electrons. The number of anilines is 1. The summed E-state index contributed by atoms with van der Waals surface area (Å²) < 4.78 is 4.17. The number of fused-ring (bicyclic) bond motifs is 1. The summed E-state index contributed by atoms with van der Waals surface area (Å²) in [6, 6.07) is 9.56. The molecule has 1 aliphatic rings. The van der Waals surface area contributed by atoms with Crippen molar-refractivity contribution in [3.8, 4) is 0 Å². The van der Waals surface area contributed by atoms with E-state index in [2.05, 4.69) is 9.69 Å². The minimum atomic E-state index is -0.0609. The number of para-hydroxylation sites is 1. The maximum Gasteiger partial charge on any atom is 0.256 e. The highest BCUT2D eigenvalue weighted by molar-refractivity contribution is 7.03. The number of hydrogen-bond donors (Lipinski definition) is 1. The predicted molar refractivity (Wildman–Crippen MR) is 65.1 cm³/mol. The monoisotopic (exact) mass is 228 g/mol. The van der Waals surface area contributed by atoms with Crippen molar-refractivity contribution < 1.29 is 4.79 Å². The first-order chi connectivity index (χ1) is 7.84. The Morgan fingerprint density at radius 2 is 2.12 bits per heavy atom. The molecule has 0 aliphatic carbocycles. The van der Waals surface area contributed by atoms with Crippen LogP contribution in [0.15, 0.2) is 35.7 Å². The van der Waals surface area contributed by atoms with Gasteiger partial charge in [0.2, 0.25) is 0 Å². The van der Waals surface area contributed by atoms with Gasteiger partial charge in [0.1, 0.15) is 0 Å². The van der Waals surface area contributed by atoms with E-state index >= 15 is 0 Å². The summed E-state index contributed by atoms with van der Waals surface area (Å²) >= 11 is 1.38. The molecule has 2 aromatic rings. The van der Waals surface area contributed by atoms with Crippen molar-refractivity contribution in [2.24, 2.45) is 0 Å². The van der Waals surface area contributed by atoms with Crippen molar-refractivity contribution in [3.05, 3.63) is 47.0 Å². The summed E-state index contributed by atoms with van der Waals surface area (Å²) in [5, 5.41) is 4.72. The summed E-state index contributed by atoms with van der Waals surface area (Å²) in [7, 11) is 0. The molecule has 3 rings (SSSR count). The SMILES string of the molecule is O=C1Nc2ccccc2/C1=C/c1ccsn1. The predicted octanol–water partition coefficient (Wildman–Crippen LogP) is 2.64. The molecule has 0 atom stereocenters. The molecule has 0 bridgehead atoms. The van der Waals surface area contributed by atoms with Crippen molar-refractivity contribution in [2.45, 2.75) is 0 Å². The van der Waals surface area contributed by atoms with Crippen LogP contribution in [0.1, 0.15) is 11.3 Å². The topological polar surface area (TPSA) is 42.0 Å². The lowest BCUT2D eigenvalue weighted by Gasteiger charge is -1.95. The number of aromatic nitrogens is 1. The van der Waals surface area contributed by atoms with Gasteiger partial charge in [0, 0.05) is 16.6 Å². The lowest BCUT2D eigenvalue weighted by Crippen LogP contribution is -2.03. The molecular weight excluding hydrogens is 220 g/mol. The molecule has 0 spiro atoms. The van der Waals surface area contributed by atoms with E-state index in [1.807, 2.05) is 41.8 Å². The molecule has 0 fully saturated rings. The van der Waals surface area contributed by atoms with Crippen LogP contribution in [-0.4, -0.2) is 10.3 Å². The van der Waals surface area contributed by atoms with Crippen molar-refractivity contribution in [1.82, 2.24) is 4.37 Å². The maximum atomic E-state index is 11.8. The van der Waals surface area contributed by atoms with Crippen LogP contribution in [0.25, 0.3) is 11.6 Å². The number of amides is 1. The standard InChI is InChI=1S/C12H8N2OS/c15-12-10(7-8-5-6-16-14-8)9-3-1-2-4-11(9)13-12/h1-7H,(H,13,15)/b10-7-. The van der Waals surface area contributed by atoms with E-state index in [1.54, 1.807) is 0 Å². The molecule has 2 heterocycles. The Balaban J connectivity index is 2.12. The number of benzene rings is 1. The second kappa shape index (κ2) is 3.57. The average Bonchev–Trinajstić information content (AvgIpc) is 2.89. The van der Waals surface area contributed by atoms with Gasteiger partial charge in [-0.2, -0.15) is 4.37 Å². The van der Waals surface area contributed by atoms with E-state index in [9.17, 15) is 4.79 Å². The molecule has 78 valence electrons. The lowest BCUT2D eigenvalue weighted by molar-refractivity contribution is -0.110. The van der Waals surface area contributed by atoms with Crippen LogP contribution < -0.4 is 5.32 Å². The smallest absolute Gasteiger partial charge is 0.256 e. The molecule has 4 heteroatoms. The normalized spacial score (nSPS) is 16.2. The quantitative estimate of drug-likeness (QED) is 0.762. The molecule has 1 N–H and O–H groups in total. The van der Waals surface area contributed by atoms with Crippen LogP contribution in [-0.2, 0) is 4.79 Å². The molecular formula is C12H8N2OS. The van der Waals surface area contributed by atoms with Crippen molar-refractivity contribution in [2.75, 3.05) is 5.32 Å². The zero-order chi connectivity index (χ0) is 11.0. The Hall–Kier alpha value is -1.94. The lowest BCUT2D eigenvalue weighted by atomic mass is 10.1. The molecule has 0 saturated carbocycles. The average molecular weight is 228 g/mol. The first-order valence-corrected chi connectivity index (χ1v) is 5.71. The van der Waals surface area contributed by atoms with Crippen LogP contribution in [0.5, 0.6) is 0 Å². The van der Waals surface area contributed by atoms with Gasteiger partial charge in [-0.25, -0.2) is 0 Å². The minimum Gasteiger partial charge on any atom is -0.321 e. The van der Waals surface area contributed by atoms with E-state index in [1.165, 1.54) is 11.5 Å². The Morgan fingerprint density at radius 1 is 1.25 bits per heavy atom. The van der Waals surface area contributed by atoms with Gasteiger partial charge in [-0.1, -0.05) is 18.2 Å². The molecule has 16 heavy (non-hydrogen) atoms. The zero-order valence-corrected chi connectivity index (χ0v) is 9.12. The summed E-state index contributed by atoms with van der Waals surface area (Å²) in [6.45, 7) is 0. The maximum absolute atomic E-state index is 11.8. The van der Waals surface area contributed by atoms with Gasteiger partial charge in [-0.05, 0) is 29.7 Å². The summed E-state index contributed by atoms with van der Waals surface area (Å²) in [6.07, 6.45) is 1.82. The molecule has 3 nitrogen and oxygen atoms in total. The van der Waals surface area contributed by atoms with Gasteiger partial charge in [-0.15, -0.1) is 0 Å². The second-order valence-corrected chi connectivity index (χ2v) is 4.15. The van der Waals surface area contributed by atoms with Gasteiger partial charge >= 0.3 is 0 Å². The fourth-order valence-corrected chi connectivity index (χ4v) is 2.22. The summed E-state index contributed by atoms with van der Waals surface area (Å²) in [5.41, 5.74) is 3.32. The molecule has 0 unspecified atom stereocenters. The number of carbonyl (C=O) groups is 1. The molecule has 1 aromatic heterocycles. The highest BCUT2D eigenvalue weighted by Crippen LogP contribution is 2.32. The van der Waals surface area contributed by atoms with Crippen molar-refractivity contribution in [3.63, 3.8) is 0 Å². The van der Waals surface area contributed by atoms with Crippen LogP contribution >= 0.6 is 11.5 Å². The third-order valence-electron chi connectivity index (χ3n) is 2.46. The molecule has 0 saturated heterocycles. The van der Waals surface area contributed by atoms with Crippen LogP contribution in [0.4, 0.5) is 5.69 Å². The van der Waals surface area contributed by atoms with Crippen LogP contribution in [0.3, 0.4) is 0 Å². The van der Waals surface area contributed by atoms with Gasteiger partial charge in [-0.3, -0.25) is 4.79 Å². The minimum absolute atomic E-state index is 0.0609. The van der Waals surface area contributed by atoms with E-state index in [4.69, 9.17) is 0 Å². The first kappa shape index (κ1) is 9.30. The summed E-state index contributed by atoms with van der Waals surface area (Å²) in [5.74, 6) is -0.0609. The number of nitrogens with zero attached hydrogens (tertiary/aromatic N) is 1. The highest BCUT2D eigenvalue weighted by atomic mass is 32.1. The van der Waals surface area contributed by atoms with Crippen molar-refractivity contribution >= 4 is 34.8 Å². The zero-order valence-electron chi connectivity index (χ0n) is 8.31. The van der Waals surface area contributed by atoms with E-state index in [0.717, 1.165) is 16.9 Å². The number of rotatable bonds is 1. The van der Waals surface area contributed by atoms with Crippen molar-refractivity contribution in [1.29, 1.82) is 0 Å². The highest BCUT2D eigenvalue weighted by Gasteiger charge is 2.23. The third-order valence-corrected chi connectivity index (χ3v) is 3.03. The van der Waals surface area contributed by atoms with Crippen LogP contribution in [0.2, 0.25) is 0 Å².